The molecule has 0 saturated heterocycles. The van der Waals surface area contributed by atoms with Gasteiger partial charge in [-0.2, -0.15) is 0 Å². The van der Waals surface area contributed by atoms with E-state index in [1.54, 1.807) is 0 Å². The normalized spacial score (nSPS) is 26.1. The lowest BCUT2D eigenvalue weighted by Gasteiger charge is -2.22. The van der Waals surface area contributed by atoms with Gasteiger partial charge in [-0.15, -0.1) is 0 Å². The number of rotatable bonds is 4. The number of hydrogen-bond acceptors (Lipinski definition) is 2. The minimum Gasteiger partial charge on any atom is -0.392 e. The summed E-state index contributed by atoms with van der Waals surface area (Å²) in [7, 11) is 0. The summed E-state index contributed by atoms with van der Waals surface area (Å²) in [6.45, 7) is 4.34. The van der Waals surface area contributed by atoms with Gasteiger partial charge in [0.2, 0.25) is 0 Å². The lowest BCUT2D eigenvalue weighted by molar-refractivity contribution is 0.144. The first-order valence-electron chi connectivity index (χ1n) is 6.73. The highest BCUT2D eigenvalue weighted by atomic mass is 16.3. The van der Waals surface area contributed by atoms with E-state index in [1.807, 2.05) is 0 Å². The topological polar surface area (TPSA) is 32.3 Å². The van der Waals surface area contributed by atoms with Crippen LogP contribution in [0.4, 0.5) is 0 Å². The first-order chi connectivity index (χ1) is 8.20. The Kier molecular flexibility index (Phi) is 4.19. The Balaban J connectivity index is 1.96. The fourth-order valence-electron chi connectivity index (χ4n) is 2.59. The number of nitrogens with one attached hydrogen (secondary N) is 1. The van der Waals surface area contributed by atoms with Crippen molar-refractivity contribution >= 4 is 0 Å². The highest BCUT2D eigenvalue weighted by Crippen LogP contribution is 2.22. The minimum atomic E-state index is -0.160. The fraction of sp³-hybridized carbons (Fsp3) is 0.600. The van der Waals surface area contributed by atoms with Crippen molar-refractivity contribution in [3.63, 3.8) is 0 Å². The van der Waals surface area contributed by atoms with Crippen LogP contribution in [0.2, 0.25) is 0 Å². The Labute approximate surface area is 104 Å². The second-order valence-corrected chi connectivity index (χ2v) is 5.09. The Morgan fingerprint density at radius 2 is 2.00 bits per heavy atom. The van der Waals surface area contributed by atoms with Gasteiger partial charge in [0.05, 0.1) is 6.10 Å². The van der Waals surface area contributed by atoms with Gasteiger partial charge in [-0.3, -0.25) is 0 Å². The molecule has 0 spiro atoms. The van der Waals surface area contributed by atoms with Gasteiger partial charge in [0.1, 0.15) is 0 Å². The second-order valence-electron chi connectivity index (χ2n) is 5.09. The number of benzene rings is 1. The average Bonchev–Trinajstić information content (AvgIpc) is 2.75. The Hall–Kier alpha value is -0.860. The maximum atomic E-state index is 9.80. The molecule has 0 aliphatic heterocycles. The summed E-state index contributed by atoms with van der Waals surface area (Å²) in [4.78, 5) is 0. The molecule has 2 rings (SSSR count). The third-order valence-electron chi connectivity index (χ3n) is 3.83. The molecule has 1 aromatic rings. The van der Waals surface area contributed by atoms with Crippen molar-refractivity contribution in [3.8, 4) is 0 Å². The van der Waals surface area contributed by atoms with E-state index in [9.17, 15) is 5.11 Å². The molecule has 0 radical (unpaired) electrons. The maximum absolute atomic E-state index is 9.80. The van der Waals surface area contributed by atoms with E-state index in [2.05, 4.69) is 43.4 Å². The Morgan fingerprint density at radius 1 is 1.29 bits per heavy atom. The summed E-state index contributed by atoms with van der Waals surface area (Å²) in [5.41, 5.74) is 2.68. The van der Waals surface area contributed by atoms with Gasteiger partial charge in [-0.25, -0.2) is 0 Å². The summed E-state index contributed by atoms with van der Waals surface area (Å²) in [5.74, 6) is 0. The van der Waals surface area contributed by atoms with Gasteiger partial charge in [0, 0.05) is 12.1 Å². The molecule has 1 saturated carbocycles. The van der Waals surface area contributed by atoms with E-state index in [-0.39, 0.29) is 12.1 Å². The standard InChI is InChI=1S/C15H23NO/c1-3-12-7-9-13(10-8-12)11(2)16-14-5-4-6-15(14)17/h7-11,14-17H,3-6H2,1-2H3. The van der Waals surface area contributed by atoms with Crippen molar-refractivity contribution in [1.82, 2.24) is 5.32 Å². The SMILES string of the molecule is CCc1ccc(C(C)NC2CCCC2O)cc1. The fourth-order valence-corrected chi connectivity index (χ4v) is 2.59. The number of aliphatic hydroxyl groups excluding tert-OH is 1. The first kappa shape index (κ1) is 12.6. The first-order valence-corrected chi connectivity index (χ1v) is 6.73. The van der Waals surface area contributed by atoms with Gasteiger partial charge >= 0.3 is 0 Å². The smallest absolute Gasteiger partial charge is 0.0693 e. The zero-order valence-electron chi connectivity index (χ0n) is 10.8. The predicted molar refractivity (Wildman–Crippen MR) is 71.0 cm³/mol. The molecule has 1 aromatic carbocycles. The highest BCUT2D eigenvalue weighted by Gasteiger charge is 2.26. The minimum absolute atomic E-state index is 0.160. The summed E-state index contributed by atoms with van der Waals surface area (Å²) in [5, 5.41) is 13.3. The zero-order valence-corrected chi connectivity index (χ0v) is 10.8. The van der Waals surface area contributed by atoms with Crippen LogP contribution in [0.3, 0.4) is 0 Å². The van der Waals surface area contributed by atoms with Crippen molar-refractivity contribution in [2.24, 2.45) is 0 Å². The molecule has 1 fully saturated rings. The van der Waals surface area contributed by atoms with Crippen LogP contribution < -0.4 is 5.32 Å². The van der Waals surface area contributed by atoms with E-state index >= 15 is 0 Å². The molecule has 1 aliphatic carbocycles. The quantitative estimate of drug-likeness (QED) is 0.838. The Bertz CT molecular complexity index is 346. The second kappa shape index (κ2) is 5.65. The van der Waals surface area contributed by atoms with E-state index in [0.717, 1.165) is 25.7 Å². The van der Waals surface area contributed by atoms with Crippen molar-refractivity contribution in [1.29, 1.82) is 0 Å². The van der Waals surface area contributed by atoms with Crippen LogP contribution in [0, 0.1) is 0 Å². The average molecular weight is 233 g/mol. The number of aliphatic hydroxyl groups is 1. The van der Waals surface area contributed by atoms with Crippen LogP contribution in [0.5, 0.6) is 0 Å². The summed E-state index contributed by atoms with van der Waals surface area (Å²) < 4.78 is 0. The molecule has 17 heavy (non-hydrogen) atoms. The van der Waals surface area contributed by atoms with E-state index in [1.165, 1.54) is 11.1 Å². The van der Waals surface area contributed by atoms with Gasteiger partial charge in [0.15, 0.2) is 0 Å². The van der Waals surface area contributed by atoms with Gasteiger partial charge in [-0.1, -0.05) is 31.2 Å². The largest absolute Gasteiger partial charge is 0.392 e. The molecule has 94 valence electrons. The third kappa shape index (κ3) is 3.08. The van der Waals surface area contributed by atoms with Gasteiger partial charge in [0.25, 0.3) is 0 Å². The molecule has 3 atom stereocenters. The lowest BCUT2D eigenvalue weighted by atomic mass is 10.0. The highest BCUT2D eigenvalue weighted by molar-refractivity contribution is 5.24. The van der Waals surface area contributed by atoms with Crippen LogP contribution in [-0.4, -0.2) is 17.3 Å². The van der Waals surface area contributed by atoms with Crippen LogP contribution in [0.1, 0.15) is 50.3 Å². The number of hydrogen-bond donors (Lipinski definition) is 2. The summed E-state index contributed by atoms with van der Waals surface area (Å²) in [6, 6.07) is 9.36. The van der Waals surface area contributed by atoms with Crippen LogP contribution >= 0.6 is 0 Å². The van der Waals surface area contributed by atoms with Gasteiger partial charge < -0.3 is 10.4 Å². The van der Waals surface area contributed by atoms with Crippen LogP contribution in [0.15, 0.2) is 24.3 Å². The molecular formula is C15H23NO. The molecule has 1 aliphatic rings. The van der Waals surface area contributed by atoms with Crippen molar-refractivity contribution < 1.29 is 5.11 Å². The molecule has 2 nitrogen and oxygen atoms in total. The van der Waals surface area contributed by atoms with E-state index in [4.69, 9.17) is 0 Å². The summed E-state index contributed by atoms with van der Waals surface area (Å²) in [6.07, 6.45) is 4.11. The monoisotopic (exact) mass is 233 g/mol. The summed E-state index contributed by atoms with van der Waals surface area (Å²) >= 11 is 0. The van der Waals surface area contributed by atoms with Gasteiger partial charge in [-0.05, 0) is 43.7 Å². The molecule has 0 heterocycles. The molecule has 3 unspecified atom stereocenters. The third-order valence-corrected chi connectivity index (χ3v) is 3.83. The lowest BCUT2D eigenvalue weighted by Crippen LogP contribution is -2.37. The van der Waals surface area contributed by atoms with Crippen molar-refractivity contribution in [3.05, 3.63) is 35.4 Å². The molecule has 2 heteroatoms. The van der Waals surface area contributed by atoms with E-state index < -0.39 is 0 Å². The maximum Gasteiger partial charge on any atom is 0.0693 e. The predicted octanol–water partition coefficient (Wildman–Crippen LogP) is 2.81. The molecule has 0 amide bonds. The molecule has 0 bridgehead atoms. The number of aryl methyl sites for hydroxylation is 1. The molecular weight excluding hydrogens is 210 g/mol. The zero-order chi connectivity index (χ0) is 12.3. The van der Waals surface area contributed by atoms with Crippen LogP contribution in [-0.2, 0) is 6.42 Å². The van der Waals surface area contributed by atoms with Crippen molar-refractivity contribution in [2.75, 3.05) is 0 Å². The molecule has 0 aromatic heterocycles. The Morgan fingerprint density at radius 3 is 2.53 bits per heavy atom. The molecule has 2 N–H and O–H groups in total. The van der Waals surface area contributed by atoms with Crippen LogP contribution in [0.25, 0.3) is 0 Å². The van der Waals surface area contributed by atoms with Crippen molar-refractivity contribution in [2.45, 2.75) is 57.7 Å². The van der Waals surface area contributed by atoms with E-state index in [0.29, 0.717) is 6.04 Å².